The quantitative estimate of drug-likeness (QED) is 0.783. The van der Waals surface area contributed by atoms with Crippen molar-refractivity contribution in [3.63, 3.8) is 0 Å². The Balaban J connectivity index is 1.37. The number of rotatable bonds is 3. The minimum atomic E-state index is -0.510. The van der Waals surface area contributed by atoms with Crippen molar-refractivity contribution in [3.8, 4) is 0 Å². The Kier molecular flexibility index (Phi) is 6.34. The number of aromatic nitrogens is 2. The maximum atomic E-state index is 14.1. The maximum absolute atomic E-state index is 14.1. The average molecular weight is 428 g/mol. The number of halogens is 1. The van der Waals surface area contributed by atoms with Crippen molar-refractivity contribution in [2.24, 2.45) is 0 Å². The number of piperidine rings is 1. The minimum absolute atomic E-state index is 0.00563. The van der Waals surface area contributed by atoms with Crippen LogP contribution in [0.5, 0.6) is 0 Å². The second kappa shape index (κ2) is 9.16. The predicted octanol–water partition coefficient (Wildman–Crippen LogP) is 3.62. The first kappa shape index (κ1) is 21.5. The zero-order chi connectivity index (χ0) is 22.0. The summed E-state index contributed by atoms with van der Waals surface area (Å²) >= 11 is 0. The van der Waals surface area contributed by atoms with Gasteiger partial charge in [0.05, 0.1) is 22.5 Å². The van der Waals surface area contributed by atoms with Crippen LogP contribution < -0.4 is 10.6 Å². The fraction of sp³-hybridized carbons (Fsp3) is 0.565. The molecule has 1 saturated heterocycles. The molecule has 0 bridgehead atoms. The number of amides is 3. The Bertz CT molecular complexity index is 982. The monoisotopic (exact) mass is 427 g/mol. The molecule has 2 N–H and O–H groups in total. The smallest absolute Gasteiger partial charge is 0.317 e. The first-order valence-corrected chi connectivity index (χ1v) is 11.2. The molecule has 31 heavy (non-hydrogen) atoms. The fourth-order valence-electron chi connectivity index (χ4n) is 4.47. The summed E-state index contributed by atoms with van der Waals surface area (Å²) in [4.78, 5) is 36.1. The second-order valence-electron chi connectivity index (χ2n) is 8.73. The first-order valence-electron chi connectivity index (χ1n) is 11.2. The van der Waals surface area contributed by atoms with Crippen LogP contribution >= 0.6 is 0 Å². The first-order chi connectivity index (χ1) is 14.9. The zero-order valence-corrected chi connectivity index (χ0v) is 18.2. The van der Waals surface area contributed by atoms with Gasteiger partial charge in [-0.3, -0.25) is 4.79 Å². The molecule has 1 aliphatic heterocycles. The second-order valence-corrected chi connectivity index (χ2v) is 8.73. The molecule has 1 aromatic carbocycles. The van der Waals surface area contributed by atoms with E-state index in [4.69, 9.17) is 0 Å². The third-order valence-corrected chi connectivity index (χ3v) is 6.44. The van der Waals surface area contributed by atoms with Gasteiger partial charge in [0.25, 0.3) is 5.91 Å². The summed E-state index contributed by atoms with van der Waals surface area (Å²) < 4.78 is 14.1. The average Bonchev–Trinajstić information content (AvgIpc) is 2.75. The molecule has 1 saturated carbocycles. The summed E-state index contributed by atoms with van der Waals surface area (Å²) in [6.07, 6.45) is 7.06. The van der Waals surface area contributed by atoms with Crippen LogP contribution in [-0.2, 0) is 0 Å². The zero-order valence-electron chi connectivity index (χ0n) is 18.2. The van der Waals surface area contributed by atoms with Crippen LogP contribution in [0.3, 0.4) is 0 Å². The number of aryl methyl sites for hydroxylation is 2. The van der Waals surface area contributed by atoms with Gasteiger partial charge in [-0.15, -0.1) is 0 Å². The van der Waals surface area contributed by atoms with E-state index < -0.39 is 5.82 Å². The van der Waals surface area contributed by atoms with Crippen LogP contribution in [0.2, 0.25) is 0 Å². The lowest BCUT2D eigenvalue weighted by atomic mass is 9.95. The van der Waals surface area contributed by atoms with E-state index in [0.717, 1.165) is 12.8 Å². The molecule has 4 rings (SSSR count). The van der Waals surface area contributed by atoms with Gasteiger partial charge in [0.15, 0.2) is 0 Å². The summed E-state index contributed by atoms with van der Waals surface area (Å²) in [6.45, 7) is 4.81. The van der Waals surface area contributed by atoms with Crippen molar-refractivity contribution in [3.05, 3.63) is 34.9 Å². The van der Waals surface area contributed by atoms with Crippen LogP contribution in [0.1, 0.15) is 66.7 Å². The van der Waals surface area contributed by atoms with Gasteiger partial charge in [-0.05, 0) is 45.6 Å². The lowest BCUT2D eigenvalue weighted by Crippen LogP contribution is -2.51. The van der Waals surface area contributed by atoms with E-state index in [2.05, 4.69) is 20.6 Å². The van der Waals surface area contributed by atoms with Crippen molar-refractivity contribution in [1.82, 2.24) is 25.5 Å². The molecule has 7 nitrogen and oxygen atoms in total. The van der Waals surface area contributed by atoms with E-state index >= 15 is 0 Å². The Morgan fingerprint density at radius 2 is 1.58 bits per heavy atom. The number of carbonyl (C=O) groups excluding carboxylic acids is 2. The number of hydrogen-bond acceptors (Lipinski definition) is 4. The van der Waals surface area contributed by atoms with Crippen molar-refractivity contribution < 1.29 is 14.0 Å². The van der Waals surface area contributed by atoms with Gasteiger partial charge in [-0.2, -0.15) is 0 Å². The number of carbonyl (C=O) groups is 2. The number of likely N-dealkylation sites (tertiary alicyclic amines) is 1. The highest BCUT2D eigenvalue weighted by molar-refractivity contribution is 6.04. The molecule has 2 heterocycles. The molecule has 0 radical (unpaired) electrons. The van der Waals surface area contributed by atoms with E-state index in [9.17, 15) is 14.0 Å². The molecular weight excluding hydrogens is 397 g/mol. The van der Waals surface area contributed by atoms with Crippen molar-refractivity contribution >= 4 is 23.0 Å². The van der Waals surface area contributed by atoms with Crippen molar-refractivity contribution in [2.75, 3.05) is 13.1 Å². The van der Waals surface area contributed by atoms with Crippen LogP contribution in [0.15, 0.2) is 12.1 Å². The Hall–Kier alpha value is -2.77. The molecule has 2 aromatic rings. The molecule has 1 aliphatic carbocycles. The molecular formula is C23H30FN5O2. The molecule has 166 valence electrons. The highest BCUT2D eigenvalue weighted by Gasteiger charge is 2.27. The summed E-state index contributed by atoms with van der Waals surface area (Å²) in [7, 11) is 0. The molecule has 2 aliphatic rings. The number of fused-ring (bicyclic) bond motifs is 1. The summed E-state index contributed by atoms with van der Waals surface area (Å²) in [5, 5.41) is 6.15. The summed E-state index contributed by atoms with van der Waals surface area (Å²) in [5.74, 6) is -0.864. The number of benzene rings is 1. The van der Waals surface area contributed by atoms with Gasteiger partial charge in [0.1, 0.15) is 11.3 Å². The van der Waals surface area contributed by atoms with Gasteiger partial charge in [-0.1, -0.05) is 19.3 Å². The van der Waals surface area contributed by atoms with Gasteiger partial charge < -0.3 is 15.5 Å². The minimum Gasteiger partial charge on any atom is -0.349 e. The van der Waals surface area contributed by atoms with E-state index in [1.807, 2.05) is 18.7 Å². The molecule has 1 aromatic heterocycles. The lowest BCUT2D eigenvalue weighted by molar-refractivity contribution is 0.0918. The van der Waals surface area contributed by atoms with Gasteiger partial charge in [-0.25, -0.2) is 19.2 Å². The predicted molar refractivity (Wildman–Crippen MR) is 116 cm³/mol. The SMILES string of the molecule is Cc1nc2cc(F)cc(C(=O)NC3CCN(C(=O)NC4CCCCC4)CC3)c2nc1C. The standard InChI is InChI=1S/C23H30FN5O2/c1-14-15(2)26-21-19(12-16(24)13-20(21)25-14)22(30)27-18-8-10-29(11-9-18)23(31)28-17-6-4-3-5-7-17/h12-13,17-18H,3-11H2,1-2H3,(H,27,30)(H,28,31). The van der Waals surface area contributed by atoms with E-state index in [1.54, 1.807) is 0 Å². The Morgan fingerprint density at radius 1 is 0.935 bits per heavy atom. The van der Waals surface area contributed by atoms with Crippen LogP contribution in [0, 0.1) is 19.7 Å². The van der Waals surface area contributed by atoms with Crippen LogP contribution in [0.25, 0.3) is 11.0 Å². The Morgan fingerprint density at radius 3 is 2.29 bits per heavy atom. The van der Waals surface area contributed by atoms with Crippen molar-refractivity contribution in [2.45, 2.75) is 70.9 Å². The highest BCUT2D eigenvalue weighted by Crippen LogP contribution is 2.21. The number of nitrogens with one attached hydrogen (secondary N) is 2. The molecule has 0 atom stereocenters. The maximum Gasteiger partial charge on any atom is 0.317 e. The Labute approximate surface area is 181 Å². The molecule has 0 spiro atoms. The van der Waals surface area contributed by atoms with Gasteiger partial charge in [0, 0.05) is 31.2 Å². The molecule has 2 fully saturated rings. The van der Waals surface area contributed by atoms with E-state index in [1.165, 1.54) is 31.4 Å². The van der Waals surface area contributed by atoms with E-state index in [-0.39, 0.29) is 29.6 Å². The van der Waals surface area contributed by atoms with Gasteiger partial charge >= 0.3 is 6.03 Å². The van der Waals surface area contributed by atoms with E-state index in [0.29, 0.717) is 48.4 Å². The van der Waals surface area contributed by atoms with Crippen LogP contribution in [-0.4, -0.2) is 52.0 Å². The van der Waals surface area contributed by atoms with Gasteiger partial charge in [0.2, 0.25) is 0 Å². The number of hydrogen-bond donors (Lipinski definition) is 2. The lowest BCUT2D eigenvalue weighted by Gasteiger charge is -2.34. The number of nitrogens with zero attached hydrogens (tertiary/aromatic N) is 3. The largest absolute Gasteiger partial charge is 0.349 e. The molecule has 8 heteroatoms. The number of urea groups is 1. The summed E-state index contributed by atoms with van der Waals surface area (Å²) in [6, 6.07) is 2.73. The third-order valence-electron chi connectivity index (χ3n) is 6.44. The topological polar surface area (TPSA) is 87.2 Å². The molecule has 3 amide bonds. The van der Waals surface area contributed by atoms with Crippen LogP contribution in [0.4, 0.5) is 9.18 Å². The molecule has 0 unspecified atom stereocenters. The third kappa shape index (κ3) is 4.94. The fourth-order valence-corrected chi connectivity index (χ4v) is 4.47. The highest BCUT2D eigenvalue weighted by atomic mass is 19.1. The van der Waals surface area contributed by atoms with Crippen molar-refractivity contribution in [1.29, 1.82) is 0 Å². The summed E-state index contributed by atoms with van der Waals surface area (Å²) in [5.41, 5.74) is 2.41. The normalized spacial score (nSPS) is 18.2.